The Bertz CT molecular complexity index is 2740. The summed E-state index contributed by atoms with van der Waals surface area (Å²) >= 11 is 1.18. The van der Waals surface area contributed by atoms with E-state index in [1.54, 1.807) is 12.3 Å². The van der Waals surface area contributed by atoms with E-state index in [2.05, 4.69) is 39.8 Å². The Hall–Kier alpha value is -6.30. The number of thiazole rings is 1. The maximum atomic E-state index is 14.8. The van der Waals surface area contributed by atoms with E-state index in [1.807, 2.05) is 102 Å². The lowest BCUT2D eigenvalue weighted by atomic mass is 9.77. The lowest BCUT2D eigenvalue weighted by Crippen LogP contribution is -2.55. The molecule has 0 radical (unpaired) electrons. The van der Waals surface area contributed by atoms with Gasteiger partial charge >= 0.3 is 18.0 Å². The third-order valence-corrected chi connectivity index (χ3v) is 17.9. The minimum Gasteiger partial charge on any atom is -0.469 e. The topological polar surface area (TPSA) is 217 Å². The Morgan fingerprint density at radius 2 is 1.53 bits per heavy atom. The summed E-state index contributed by atoms with van der Waals surface area (Å²) in [4.78, 5) is 105. The lowest BCUT2D eigenvalue weighted by Gasteiger charge is -2.43. The number of likely N-dealkylation sites (N-methyl/N-ethyl adjacent to an activating group) is 1. The molecular formula is C64H88N6O10S. The summed E-state index contributed by atoms with van der Waals surface area (Å²) in [5, 5.41) is 7.95. The predicted octanol–water partition coefficient (Wildman–Crippen LogP) is 10.2. The van der Waals surface area contributed by atoms with Crippen molar-refractivity contribution in [1.82, 2.24) is 25.4 Å². The molecule has 440 valence electrons. The summed E-state index contributed by atoms with van der Waals surface area (Å²) in [5.41, 5.74) is 11.3. The number of ether oxygens (including phenoxy) is 3. The van der Waals surface area contributed by atoms with Crippen molar-refractivity contribution in [3.05, 3.63) is 111 Å². The number of nitrogens with zero attached hydrogens (tertiary/aromatic N) is 3. The minimum atomic E-state index is -0.882. The number of ketones is 2. The second kappa shape index (κ2) is 30.1. The van der Waals surface area contributed by atoms with Crippen LogP contribution in [-0.4, -0.2) is 120 Å². The Balaban J connectivity index is 1.12. The molecule has 1 saturated heterocycles. The molecule has 1 fully saturated rings. The quantitative estimate of drug-likeness (QED) is 0.0252. The molecule has 0 saturated carbocycles. The molecule has 6 rings (SSSR count). The predicted molar refractivity (Wildman–Crippen MR) is 316 cm³/mol. The number of esters is 2. The second-order valence-corrected chi connectivity index (χ2v) is 23.8. The normalized spacial score (nSPS) is 17.8. The van der Waals surface area contributed by atoms with Crippen LogP contribution in [0.2, 0.25) is 0 Å². The van der Waals surface area contributed by atoms with Crippen molar-refractivity contribution in [2.75, 3.05) is 40.4 Å². The van der Waals surface area contributed by atoms with Gasteiger partial charge in [-0.15, -0.1) is 11.3 Å². The number of unbranched alkanes of at least 4 members (excludes halogenated alkanes) is 1. The Morgan fingerprint density at radius 1 is 0.877 bits per heavy atom. The highest BCUT2D eigenvalue weighted by Crippen LogP contribution is 2.44. The highest BCUT2D eigenvalue weighted by molar-refractivity contribution is 7.09. The van der Waals surface area contributed by atoms with E-state index in [4.69, 9.17) is 24.9 Å². The van der Waals surface area contributed by atoms with Crippen LogP contribution in [0, 0.1) is 23.7 Å². The van der Waals surface area contributed by atoms with Gasteiger partial charge in [0, 0.05) is 62.0 Å². The number of piperidine rings is 1. The van der Waals surface area contributed by atoms with E-state index in [9.17, 15) is 33.6 Å². The second-order valence-electron chi connectivity index (χ2n) is 22.9. The number of fused-ring (bicyclic) bond motifs is 3. The SMILES string of the molecule is CC[C@H](C)[C@H](CC(=O)[C@@]1(C)CCCCN1C)C(=O)N(CC)[C@H](C[C@@H](OC(C)=O)c1nc(C(=O)N[C@@H](Cc2ccc(CC(=O)[C@H](CCCCN)NC(=O)OCC3c4ccccc4-c4ccccc43)cc2)C[C@H](C)C(=O)OC)cs1)C(C)C. The molecule has 0 bridgehead atoms. The summed E-state index contributed by atoms with van der Waals surface area (Å²) in [6, 6.07) is 21.9. The fraction of sp³-hybridized carbons (Fsp3) is 0.562. The number of carbonyl (C=O) groups is 7. The largest absolute Gasteiger partial charge is 0.469 e. The highest BCUT2D eigenvalue weighted by atomic mass is 32.1. The molecular weight excluding hydrogens is 1040 g/mol. The number of hydrogen-bond acceptors (Lipinski definition) is 14. The van der Waals surface area contributed by atoms with Crippen molar-refractivity contribution in [2.45, 2.75) is 168 Å². The number of hydrogen-bond donors (Lipinski definition) is 3. The summed E-state index contributed by atoms with van der Waals surface area (Å²) in [7, 11) is 3.31. The van der Waals surface area contributed by atoms with Crippen molar-refractivity contribution in [2.24, 2.45) is 29.4 Å². The molecule has 16 nitrogen and oxygen atoms in total. The standard InChI is InChI=1S/C64H88N6O10S/c1-11-41(5)51(36-58(73)64(8)30-18-20-32-69(64)9)61(75)70(12-2)55(40(3)4)37-57(80-43(7)71)60-67-54(39-81-60)59(74)66-46(33-42(6)62(76)78-10)34-44-26-28-45(29-27-44)35-56(72)53(25-17-19-31-65)68-63(77)79-38-52-49-23-15-13-21-47(49)48-22-14-16-24-50(48)52/h13-16,21-24,26-29,39-42,46,51-53,55,57H,11-12,17-20,25,30-38,65H2,1-10H3,(H,66,74)(H,68,77)/t41-,42-,46+,51-,53-,55+,57+,64+/m0/s1. The molecule has 3 aromatic carbocycles. The van der Waals surface area contributed by atoms with Crippen LogP contribution in [0.3, 0.4) is 0 Å². The Labute approximate surface area is 484 Å². The third-order valence-electron chi connectivity index (χ3n) is 16.9. The van der Waals surface area contributed by atoms with Gasteiger partial charge in [-0.2, -0.15) is 0 Å². The molecule has 0 spiro atoms. The van der Waals surface area contributed by atoms with Crippen LogP contribution in [-0.2, 0) is 51.0 Å². The maximum absolute atomic E-state index is 14.8. The summed E-state index contributed by atoms with van der Waals surface area (Å²) in [6.07, 6.45) is 4.67. The van der Waals surface area contributed by atoms with Gasteiger partial charge in [0.2, 0.25) is 5.91 Å². The third kappa shape index (κ3) is 16.7. The van der Waals surface area contributed by atoms with Gasteiger partial charge in [-0.3, -0.25) is 33.7 Å². The first-order valence-electron chi connectivity index (χ1n) is 29.2. The van der Waals surface area contributed by atoms with Gasteiger partial charge in [0.05, 0.1) is 24.6 Å². The van der Waals surface area contributed by atoms with E-state index < -0.39 is 65.5 Å². The first-order chi connectivity index (χ1) is 38.7. The number of aromatic nitrogens is 1. The molecule has 1 aromatic heterocycles. The van der Waals surface area contributed by atoms with Gasteiger partial charge in [0.1, 0.15) is 17.3 Å². The minimum absolute atomic E-state index is 0.0512. The Morgan fingerprint density at radius 3 is 2.12 bits per heavy atom. The van der Waals surface area contributed by atoms with Crippen LogP contribution in [0.5, 0.6) is 0 Å². The average Bonchev–Trinajstić information content (AvgIpc) is 4.25. The zero-order chi connectivity index (χ0) is 59.0. The number of rotatable bonds is 30. The molecule has 4 aromatic rings. The van der Waals surface area contributed by atoms with E-state index in [0.717, 1.165) is 65.6 Å². The summed E-state index contributed by atoms with van der Waals surface area (Å²) in [5.74, 6) is -2.98. The summed E-state index contributed by atoms with van der Waals surface area (Å²) in [6.45, 7) is 16.9. The monoisotopic (exact) mass is 1130 g/mol. The van der Waals surface area contributed by atoms with Crippen molar-refractivity contribution in [3.63, 3.8) is 0 Å². The number of alkyl carbamates (subject to hydrolysis) is 1. The molecule has 3 amide bonds. The van der Waals surface area contributed by atoms with Crippen molar-refractivity contribution in [3.8, 4) is 11.1 Å². The molecule has 17 heteroatoms. The van der Waals surface area contributed by atoms with Gasteiger partial charge < -0.3 is 35.5 Å². The van der Waals surface area contributed by atoms with E-state index in [1.165, 1.54) is 25.4 Å². The first-order valence-corrected chi connectivity index (χ1v) is 30.1. The summed E-state index contributed by atoms with van der Waals surface area (Å²) < 4.78 is 16.8. The lowest BCUT2D eigenvalue weighted by molar-refractivity contribution is -0.150. The van der Waals surface area contributed by atoms with Crippen LogP contribution in [0.25, 0.3) is 11.1 Å². The molecule has 2 aliphatic rings. The molecule has 1 aliphatic carbocycles. The molecule has 4 N–H and O–H groups in total. The highest BCUT2D eigenvalue weighted by Gasteiger charge is 2.43. The van der Waals surface area contributed by atoms with Gasteiger partial charge in [0.25, 0.3) is 5.91 Å². The molecule has 81 heavy (non-hydrogen) atoms. The van der Waals surface area contributed by atoms with Gasteiger partial charge in [-0.25, -0.2) is 9.78 Å². The number of carbonyl (C=O) groups excluding carboxylic acids is 7. The van der Waals surface area contributed by atoms with Crippen LogP contribution in [0.1, 0.15) is 169 Å². The van der Waals surface area contributed by atoms with Crippen molar-refractivity contribution < 1.29 is 47.8 Å². The molecule has 2 heterocycles. The fourth-order valence-electron chi connectivity index (χ4n) is 11.7. The first kappa shape index (κ1) is 63.9. The molecule has 1 aliphatic heterocycles. The smallest absolute Gasteiger partial charge is 0.407 e. The zero-order valence-corrected chi connectivity index (χ0v) is 50.2. The van der Waals surface area contributed by atoms with Gasteiger partial charge in [0.15, 0.2) is 17.7 Å². The van der Waals surface area contributed by atoms with Gasteiger partial charge in [-0.1, -0.05) is 114 Å². The zero-order valence-electron chi connectivity index (χ0n) is 49.4. The van der Waals surface area contributed by atoms with Crippen LogP contribution >= 0.6 is 11.3 Å². The number of likely N-dealkylation sites (tertiary alicyclic amines) is 1. The van der Waals surface area contributed by atoms with Crippen LogP contribution < -0.4 is 16.4 Å². The van der Waals surface area contributed by atoms with Crippen LogP contribution in [0.15, 0.2) is 78.2 Å². The van der Waals surface area contributed by atoms with E-state index in [0.29, 0.717) is 43.8 Å². The van der Waals surface area contributed by atoms with Crippen molar-refractivity contribution in [1.29, 1.82) is 0 Å². The Kier molecular flexibility index (Phi) is 23.8. The number of amides is 3. The van der Waals surface area contributed by atoms with E-state index >= 15 is 0 Å². The molecule has 8 atom stereocenters. The van der Waals surface area contributed by atoms with Crippen LogP contribution in [0.4, 0.5) is 4.79 Å². The fourth-order valence-corrected chi connectivity index (χ4v) is 12.5. The molecule has 0 unspecified atom stereocenters. The number of Topliss-reactive ketones (excluding diaryl/α,β-unsaturated/α-hetero) is 2. The maximum Gasteiger partial charge on any atom is 0.407 e. The van der Waals surface area contributed by atoms with Gasteiger partial charge in [-0.05, 0) is 131 Å². The number of methoxy groups -OCH3 is 1. The number of nitrogens with two attached hydrogens (primary N) is 1. The van der Waals surface area contributed by atoms with E-state index in [-0.39, 0.29) is 73.2 Å². The number of nitrogens with one attached hydrogen (secondary N) is 2. The van der Waals surface area contributed by atoms with Crippen molar-refractivity contribution >= 4 is 52.7 Å². The average molecular weight is 1130 g/mol. The number of benzene rings is 3.